The van der Waals surface area contributed by atoms with Crippen LogP contribution in [-0.2, 0) is 0 Å². The van der Waals surface area contributed by atoms with Crippen LogP contribution in [0, 0.1) is 5.92 Å². The van der Waals surface area contributed by atoms with Crippen LogP contribution in [0.25, 0.3) is 0 Å². The third-order valence-corrected chi connectivity index (χ3v) is 2.16. The second-order valence-electron chi connectivity index (χ2n) is 2.52. The topological polar surface area (TPSA) is 38.0 Å². The lowest BCUT2D eigenvalue weighted by Gasteiger charge is -2.35. The molecular formula is C6H14N2. The van der Waals surface area contributed by atoms with Crippen LogP contribution in [0.4, 0.5) is 0 Å². The first kappa shape index (κ1) is 6.05. The summed E-state index contributed by atoms with van der Waals surface area (Å²) in [6.45, 7) is 2.22. The van der Waals surface area contributed by atoms with Gasteiger partial charge in [0.2, 0.25) is 0 Å². The summed E-state index contributed by atoms with van der Waals surface area (Å²) in [5.74, 6) is 6.11. The standard InChI is InChI=1S/C6H14N2/c1-2-5-3-4-6(5)8-7/h5-6,8H,2-4,7H2,1H3/t5?,6-/m0/s1. The molecule has 2 heteroatoms. The first-order valence-electron chi connectivity index (χ1n) is 3.34. The van der Waals surface area contributed by atoms with Gasteiger partial charge in [-0.05, 0) is 18.8 Å². The molecule has 0 amide bonds. The van der Waals surface area contributed by atoms with Gasteiger partial charge in [-0.1, -0.05) is 13.3 Å². The van der Waals surface area contributed by atoms with Crippen LogP contribution in [0.2, 0.25) is 0 Å². The minimum atomic E-state index is 0.625. The fraction of sp³-hybridized carbons (Fsp3) is 1.00. The lowest BCUT2D eigenvalue weighted by Crippen LogP contribution is -2.47. The molecule has 2 nitrogen and oxygen atoms in total. The largest absolute Gasteiger partial charge is 0.271 e. The van der Waals surface area contributed by atoms with Gasteiger partial charge < -0.3 is 0 Å². The normalized spacial score (nSPS) is 36.8. The maximum absolute atomic E-state index is 5.25. The number of rotatable bonds is 2. The average molecular weight is 114 g/mol. The van der Waals surface area contributed by atoms with E-state index < -0.39 is 0 Å². The molecule has 2 atom stereocenters. The number of nitrogens with one attached hydrogen (secondary N) is 1. The molecule has 0 aromatic carbocycles. The highest BCUT2D eigenvalue weighted by Crippen LogP contribution is 2.28. The molecular weight excluding hydrogens is 100 g/mol. The summed E-state index contributed by atoms with van der Waals surface area (Å²) in [5, 5.41) is 0. The van der Waals surface area contributed by atoms with Crippen molar-refractivity contribution in [1.82, 2.24) is 5.43 Å². The molecule has 0 bridgehead atoms. The van der Waals surface area contributed by atoms with Crippen LogP contribution in [0.5, 0.6) is 0 Å². The second-order valence-corrected chi connectivity index (χ2v) is 2.52. The van der Waals surface area contributed by atoms with Crippen molar-refractivity contribution in [2.45, 2.75) is 32.2 Å². The van der Waals surface area contributed by atoms with Gasteiger partial charge in [0.05, 0.1) is 0 Å². The molecule has 3 N–H and O–H groups in total. The maximum atomic E-state index is 5.25. The molecule has 1 unspecified atom stereocenters. The third-order valence-electron chi connectivity index (χ3n) is 2.16. The van der Waals surface area contributed by atoms with E-state index >= 15 is 0 Å². The van der Waals surface area contributed by atoms with Crippen molar-refractivity contribution in [2.75, 3.05) is 0 Å². The molecule has 0 radical (unpaired) electrons. The Bertz CT molecular complexity index is 58.9. The molecule has 0 saturated heterocycles. The highest BCUT2D eigenvalue weighted by atomic mass is 15.2. The number of hydrogen-bond acceptors (Lipinski definition) is 2. The quantitative estimate of drug-likeness (QED) is 0.408. The Morgan fingerprint density at radius 3 is 2.50 bits per heavy atom. The average Bonchev–Trinajstić information content (AvgIpc) is 1.66. The maximum Gasteiger partial charge on any atom is 0.0238 e. The molecule has 0 spiro atoms. The third kappa shape index (κ3) is 0.858. The van der Waals surface area contributed by atoms with Gasteiger partial charge in [-0.15, -0.1) is 0 Å². The zero-order valence-corrected chi connectivity index (χ0v) is 5.35. The SMILES string of the molecule is CCC1CC[C@@H]1NN. The summed E-state index contributed by atoms with van der Waals surface area (Å²) < 4.78 is 0. The van der Waals surface area contributed by atoms with Crippen molar-refractivity contribution in [2.24, 2.45) is 11.8 Å². The lowest BCUT2D eigenvalue weighted by atomic mass is 9.78. The Morgan fingerprint density at radius 2 is 2.38 bits per heavy atom. The van der Waals surface area contributed by atoms with Gasteiger partial charge >= 0.3 is 0 Å². The van der Waals surface area contributed by atoms with E-state index in [9.17, 15) is 0 Å². The van der Waals surface area contributed by atoms with Crippen LogP contribution in [-0.4, -0.2) is 6.04 Å². The Labute approximate surface area is 50.4 Å². The molecule has 1 rings (SSSR count). The first-order chi connectivity index (χ1) is 3.88. The molecule has 0 aromatic heterocycles. The summed E-state index contributed by atoms with van der Waals surface area (Å²) in [7, 11) is 0. The Morgan fingerprint density at radius 1 is 1.62 bits per heavy atom. The predicted octanol–water partition coefficient (Wildman–Crippen LogP) is 0.638. The Hall–Kier alpha value is -0.0800. The minimum absolute atomic E-state index is 0.625. The molecule has 1 fully saturated rings. The lowest BCUT2D eigenvalue weighted by molar-refractivity contribution is 0.205. The molecule has 48 valence electrons. The van der Waals surface area contributed by atoms with E-state index in [4.69, 9.17) is 5.84 Å². The monoisotopic (exact) mass is 114 g/mol. The van der Waals surface area contributed by atoms with E-state index in [1.165, 1.54) is 19.3 Å². The van der Waals surface area contributed by atoms with Crippen LogP contribution in [0.3, 0.4) is 0 Å². The highest BCUT2D eigenvalue weighted by Gasteiger charge is 2.27. The smallest absolute Gasteiger partial charge is 0.0238 e. The van der Waals surface area contributed by atoms with Crippen LogP contribution in [0.1, 0.15) is 26.2 Å². The second kappa shape index (κ2) is 2.46. The highest BCUT2D eigenvalue weighted by molar-refractivity contribution is 4.83. The van der Waals surface area contributed by atoms with Crippen molar-refractivity contribution in [3.8, 4) is 0 Å². The predicted molar refractivity (Wildman–Crippen MR) is 34.1 cm³/mol. The summed E-state index contributed by atoms with van der Waals surface area (Å²) in [6, 6.07) is 0.625. The molecule has 8 heavy (non-hydrogen) atoms. The van der Waals surface area contributed by atoms with Crippen LogP contribution >= 0.6 is 0 Å². The number of hydrogen-bond donors (Lipinski definition) is 2. The van der Waals surface area contributed by atoms with Gasteiger partial charge in [0, 0.05) is 6.04 Å². The summed E-state index contributed by atoms with van der Waals surface area (Å²) in [4.78, 5) is 0. The molecule has 0 aromatic rings. The summed E-state index contributed by atoms with van der Waals surface area (Å²) in [5.41, 5.74) is 2.80. The van der Waals surface area contributed by atoms with Crippen molar-refractivity contribution >= 4 is 0 Å². The van der Waals surface area contributed by atoms with E-state index in [0.717, 1.165) is 5.92 Å². The molecule has 1 saturated carbocycles. The van der Waals surface area contributed by atoms with E-state index in [1.54, 1.807) is 0 Å². The van der Waals surface area contributed by atoms with Gasteiger partial charge in [0.1, 0.15) is 0 Å². The van der Waals surface area contributed by atoms with Crippen molar-refractivity contribution < 1.29 is 0 Å². The van der Waals surface area contributed by atoms with E-state index in [-0.39, 0.29) is 0 Å². The van der Waals surface area contributed by atoms with Gasteiger partial charge in [0.25, 0.3) is 0 Å². The molecule has 0 heterocycles. The molecule has 0 aliphatic heterocycles. The van der Waals surface area contributed by atoms with Gasteiger partial charge in [-0.25, -0.2) is 0 Å². The van der Waals surface area contributed by atoms with Gasteiger partial charge in [0.15, 0.2) is 0 Å². The molecule has 1 aliphatic rings. The fourth-order valence-electron chi connectivity index (χ4n) is 1.28. The summed E-state index contributed by atoms with van der Waals surface area (Å²) >= 11 is 0. The number of nitrogens with two attached hydrogens (primary N) is 1. The van der Waals surface area contributed by atoms with Crippen LogP contribution < -0.4 is 11.3 Å². The minimum Gasteiger partial charge on any atom is -0.271 e. The molecule has 1 aliphatic carbocycles. The van der Waals surface area contributed by atoms with Gasteiger partial charge in [-0.3, -0.25) is 11.3 Å². The van der Waals surface area contributed by atoms with Crippen molar-refractivity contribution in [1.29, 1.82) is 0 Å². The van der Waals surface area contributed by atoms with Gasteiger partial charge in [-0.2, -0.15) is 0 Å². The van der Waals surface area contributed by atoms with E-state index in [1.807, 2.05) is 0 Å². The van der Waals surface area contributed by atoms with E-state index in [2.05, 4.69) is 12.3 Å². The summed E-state index contributed by atoms with van der Waals surface area (Å²) in [6.07, 6.45) is 3.91. The van der Waals surface area contributed by atoms with Crippen molar-refractivity contribution in [3.05, 3.63) is 0 Å². The zero-order chi connectivity index (χ0) is 5.98. The van der Waals surface area contributed by atoms with Crippen molar-refractivity contribution in [3.63, 3.8) is 0 Å². The van der Waals surface area contributed by atoms with E-state index in [0.29, 0.717) is 6.04 Å². The number of hydrazine groups is 1. The Balaban J connectivity index is 2.16. The zero-order valence-electron chi connectivity index (χ0n) is 5.35. The fourth-order valence-corrected chi connectivity index (χ4v) is 1.28. The Kier molecular flexibility index (Phi) is 1.86. The van der Waals surface area contributed by atoms with Crippen LogP contribution in [0.15, 0.2) is 0 Å². The first-order valence-corrected chi connectivity index (χ1v) is 3.34.